The second-order valence-corrected chi connectivity index (χ2v) is 9.93. The lowest BCUT2D eigenvalue weighted by Gasteiger charge is -2.27. The van der Waals surface area contributed by atoms with E-state index in [0.29, 0.717) is 29.4 Å². The van der Waals surface area contributed by atoms with Gasteiger partial charge in [-0.25, -0.2) is 4.98 Å². The number of H-pyrrole nitrogens is 1. The van der Waals surface area contributed by atoms with Crippen molar-refractivity contribution in [2.75, 3.05) is 6.54 Å². The number of imidazole rings is 1. The highest BCUT2D eigenvalue weighted by Crippen LogP contribution is 2.27. The summed E-state index contributed by atoms with van der Waals surface area (Å²) in [6.07, 6.45) is 1.39. The van der Waals surface area contributed by atoms with Gasteiger partial charge in [-0.3, -0.25) is 9.59 Å². The van der Waals surface area contributed by atoms with Gasteiger partial charge in [0, 0.05) is 17.1 Å². The lowest BCUT2D eigenvalue weighted by Crippen LogP contribution is -2.41. The minimum absolute atomic E-state index is 0.135. The molecule has 3 aromatic rings. The molecule has 0 spiro atoms. The number of aromatic amines is 1. The minimum atomic E-state index is -2.55. The van der Waals surface area contributed by atoms with Gasteiger partial charge in [-0.2, -0.15) is 12.8 Å². The standard InChI is InChI=1S/C23H23Cl2N5O4S/c1-12(29-35(33)34)20-4-3-9-30(20)23(32)16-7-5-14(10-17(16)25)22(31)26-13(2)21-27-18-8-6-15(24)11-19(18)28-21/h5-8,10-13,20H,3-4,9H2,1-2H3,(H,26,31)(H,27,28)/t12?,13-,20+/m0/s1. The summed E-state index contributed by atoms with van der Waals surface area (Å²) in [5.41, 5.74) is 2.04. The zero-order valence-electron chi connectivity index (χ0n) is 19.0. The molecule has 184 valence electrons. The van der Waals surface area contributed by atoms with Crippen LogP contribution < -0.4 is 5.32 Å². The van der Waals surface area contributed by atoms with Gasteiger partial charge in [0.15, 0.2) is 0 Å². The molecule has 1 fully saturated rings. The smallest absolute Gasteiger partial charge is 0.311 e. The second-order valence-electron chi connectivity index (χ2n) is 8.44. The van der Waals surface area contributed by atoms with Crippen LogP contribution in [0.25, 0.3) is 11.0 Å². The molecule has 0 aliphatic carbocycles. The maximum atomic E-state index is 13.1. The fraction of sp³-hybridized carbons (Fsp3) is 0.348. The SMILES string of the molecule is CC(N=S(=O)=O)[C@H]1CCCN1C(=O)c1ccc(C(=O)N[C@@H](C)c2nc3ccc(Cl)cc3[nH]2)cc1Cl. The van der Waals surface area contributed by atoms with Gasteiger partial charge in [0.05, 0.1) is 39.7 Å². The topological polar surface area (TPSA) is 125 Å². The number of amides is 2. The van der Waals surface area contributed by atoms with Crippen molar-refractivity contribution in [2.45, 2.75) is 44.8 Å². The normalized spacial score (nSPS) is 17.3. The Kier molecular flexibility index (Phi) is 7.44. The summed E-state index contributed by atoms with van der Waals surface area (Å²) in [6, 6.07) is 8.48. The van der Waals surface area contributed by atoms with Crippen molar-refractivity contribution in [2.24, 2.45) is 4.36 Å². The van der Waals surface area contributed by atoms with Crippen LogP contribution in [0.1, 0.15) is 59.3 Å². The number of benzene rings is 2. The molecule has 0 radical (unpaired) electrons. The van der Waals surface area contributed by atoms with Crippen LogP contribution in [0, 0.1) is 0 Å². The first-order valence-electron chi connectivity index (χ1n) is 11.0. The van der Waals surface area contributed by atoms with Crippen LogP contribution in [0.5, 0.6) is 0 Å². The number of likely N-dealkylation sites (tertiary alicyclic amines) is 1. The third-order valence-corrected chi connectivity index (χ3v) is 7.10. The van der Waals surface area contributed by atoms with E-state index in [9.17, 15) is 18.0 Å². The number of carbonyl (C=O) groups is 2. The average molecular weight is 536 g/mol. The molecule has 2 aromatic carbocycles. The second kappa shape index (κ2) is 10.3. The van der Waals surface area contributed by atoms with Gasteiger partial charge in [-0.1, -0.05) is 23.2 Å². The number of rotatable bonds is 6. The van der Waals surface area contributed by atoms with E-state index in [4.69, 9.17) is 23.2 Å². The van der Waals surface area contributed by atoms with Crippen LogP contribution in [0.3, 0.4) is 0 Å². The Labute approximate surface area is 213 Å². The Bertz CT molecular complexity index is 1430. The van der Waals surface area contributed by atoms with E-state index in [-0.39, 0.29) is 28.4 Å². The molecule has 2 amide bonds. The molecule has 1 aliphatic rings. The molecule has 1 unspecified atom stereocenters. The van der Waals surface area contributed by atoms with Crippen LogP contribution in [0.15, 0.2) is 40.8 Å². The molecule has 9 nitrogen and oxygen atoms in total. The Morgan fingerprint density at radius 3 is 2.69 bits per heavy atom. The predicted molar refractivity (Wildman–Crippen MR) is 133 cm³/mol. The van der Waals surface area contributed by atoms with Crippen molar-refractivity contribution >= 4 is 56.6 Å². The summed E-state index contributed by atoms with van der Waals surface area (Å²) < 4.78 is 25.5. The number of halogens is 2. The lowest BCUT2D eigenvalue weighted by molar-refractivity contribution is 0.0722. The summed E-state index contributed by atoms with van der Waals surface area (Å²) in [5.74, 6) is -0.120. The summed E-state index contributed by atoms with van der Waals surface area (Å²) in [5, 5.41) is 3.59. The molecule has 3 atom stereocenters. The van der Waals surface area contributed by atoms with Gasteiger partial charge < -0.3 is 15.2 Å². The summed E-state index contributed by atoms with van der Waals surface area (Å²) >= 11 is 12.4. The highest BCUT2D eigenvalue weighted by Gasteiger charge is 2.34. The number of aromatic nitrogens is 2. The van der Waals surface area contributed by atoms with E-state index >= 15 is 0 Å². The van der Waals surface area contributed by atoms with E-state index < -0.39 is 22.6 Å². The zero-order valence-corrected chi connectivity index (χ0v) is 21.3. The van der Waals surface area contributed by atoms with Crippen LogP contribution in [-0.4, -0.2) is 53.7 Å². The Morgan fingerprint density at radius 1 is 1.20 bits per heavy atom. The minimum Gasteiger partial charge on any atom is -0.342 e. The molecule has 1 aromatic heterocycles. The van der Waals surface area contributed by atoms with Crippen LogP contribution in [0.2, 0.25) is 10.0 Å². The van der Waals surface area contributed by atoms with Crippen molar-refractivity contribution in [3.8, 4) is 0 Å². The molecule has 1 aliphatic heterocycles. The van der Waals surface area contributed by atoms with Crippen molar-refractivity contribution in [1.82, 2.24) is 20.2 Å². The largest absolute Gasteiger partial charge is 0.342 e. The average Bonchev–Trinajstić information content (AvgIpc) is 3.45. The first kappa shape index (κ1) is 25.2. The number of carbonyl (C=O) groups excluding carboxylic acids is 2. The molecule has 2 N–H and O–H groups in total. The number of nitrogens with zero attached hydrogens (tertiary/aromatic N) is 3. The number of nitrogens with one attached hydrogen (secondary N) is 2. The third-order valence-electron chi connectivity index (χ3n) is 6.05. The molecule has 12 heteroatoms. The molecular formula is C23H23Cl2N5O4S. The first-order chi connectivity index (χ1) is 16.6. The van der Waals surface area contributed by atoms with E-state index in [1.807, 2.05) is 0 Å². The fourth-order valence-electron chi connectivity index (χ4n) is 4.29. The quantitative estimate of drug-likeness (QED) is 0.483. The molecule has 35 heavy (non-hydrogen) atoms. The van der Waals surface area contributed by atoms with Gasteiger partial charge in [-0.15, -0.1) is 0 Å². The molecule has 0 saturated carbocycles. The Morgan fingerprint density at radius 2 is 1.97 bits per heavy atom. The molecular weight excluding hydrogens is 513 g/mol. The van der Waals surface area contributed by atoms with Gasteiger partial charge in [0.1, 0.15) is 5.82 Å². The van der Waals surface area contributed by atoms with Gasteiger partial charge in [0.25, 0.3) is 11.8 Å². The number of hydrogen-bond acceptors (Lipinski definition) is 6. The van der Waals surface area contributed by atoms with Gasteiger partial charge in [0.2, 0.25) is 0 Å². The molecule has 4 rings (SSSR count). The Hall–Kier alpha value is -2.95. The first-order valence-corrected chi connectivity index (χ1v) is 12.8. The highest BCUT2D eigenvalue weighted by molar-refractivity contribution is 7.61. The third kappa shape index (κ3) is 5.50. The maximum absolute atomic E-state index is 13.1. The summed E-state index contributed by atoms with van der Waals surface area (Å²) in [4.78, 5) is 35.2. The van der Waals surface area contributed by atoms with Crippen molar-refractivity contribution in [3.05, 3.63) is 63.4 Å². The number of hydrogen-bond donors (Lipinski definition) is 2. The summed E-state index contributed by atoms with van der Waals surface area (Å²) in [7, 11) is -2.55. The van der Waals surface area contributed by atoms with E-state index in [0.717, 1.165) is 17.5 Å². The zero-order chi connectivity index (χ0) is 25.3. The lowest BCUT2D eigenvalue weighted by atomic mass is 10.1. The van der Waals surface area contributed by atoms with Crippen LogP contribution >= 0.6 is 23.2 Å². The maximum Gasteiger partial charge on any atom is 0.311 e. The predicted octanol–water partition coefficient (Wildman–Crippen LogP) is 4.42. The van der Waals surface area contributed by atoms with Gasteiger partial charge >= 0.3 is 10.5 Å². The van der Waals surface area contributed by atoms with E-state index in [1.165, 1.54) is 18.2 Å². The fourth-order valence-corrected chi connectivity index (χ4v) is 5.14. The van der Waals surface area contributed by atoms with Crippen molar-refractivity contribution in [3.63, 3.8) is 0 Å². The van der Waals surface area contributed by atoms with Crippen molar-refractivity contribution < 1.29 is 18.0 Å². The molecule has 1 saturated heterocycles. The monoisotopic (exact) mass is 535 g/mol. The molecule has 0 bridgehead atoms. The summed E-state index contributed by atoms with van der Waals surface area (Å²) in [6.45, 7) is 3.94. The van der Waals surface area contributed by atoms with E-state index in [2.05, 4.69) is 19.6 Å². The number of fused-ring (bicyclic) bond motifs is 1. The van der Waals surface area contributed by atoms with E-state index in [1.54, 1.807) is 36.9 Å². The van der Waals surface area contributed by atoms with Crippen LogP contribution in [0.4, 0.5) is 0 Å². The Balaban J connectivity index is 1.48. The van der Waals surface area contributed by atoms with Gasteiger partial charge in [-0.05, 0) is 63.1 Å². The molecule has 2 heterocycles. The van der Waals surface area contributed by atoms with Crippen molar-refractivity contribution in [1.29, 1.82) is 0 Å². The van der Waals surface area contributed by atoms with Crippen LogP contribution in [-0.2, 0) is 10.5 Å². The highest BCUT2D eigenvalue weighted by atomic mass is 35.5.